The van der Waals surface area contributed by atoms with Crippen molar-refractivity contribution in [2.24, 2.45) is 0 Å². The second-order valence-electron chi connectivity index (χ2n) is 4.80. The molecule has 1 N–H and O–H groups in total. The molecule has 0 aliphatic heterocycles. The molecule has 0 atom stereocenters. The van der Waals surface area contributed by atoms with E-state index < -0.39 is 5.83 Å². The predicted molar refractivity (Wildman–Crippen MR) is 90.0 cm³/mol. The lowest BCUT2D eigenvalue weighted by atomic mass is 10.1. The molecule has 0 saturated heterocycles. The maximum atomic E-state index is 13.2. The van der Waals surface area contributed by atoms with Crippen LogP contribution < -0.4 is 5.32 Å². The fourth-order valence-electron chi connectivity index (χ4n) is 2.01. The molecule has 0 fully saturated rings. The molecule has 0 heterocycles. The summed E-state index contributed by atoms with van der Waals surface area (Å²) in [6, 6.07) is 3.88. The number of rotatable bonds is 6. The molecule has 2 nitrogen and oxygen atoms in total. The van der Waals surface area contributed by atoms with Crippen LogP contribution in [0.4, 0.5) is 10.1 Å². The van der Waals surface area contributed by atoms with Gasteiger partial charge in [0.1, 0.15) is 5.83 Å². The summed E-state index contributed by atoms with van der Waals surface area (Å²) in [6.45, 7) is 10.6. The molecule has 0 unspecified atom stereocenters. The Morgan fingerprint density at radius 1 is 1.33 bits per heavy atom. The number of halogens is 2. The quantitative estimate of drug-likeness (QED) is 0.684. The molecule has 21 heavy (non-hydrogen) atoms. The maximum absolute atomic E-state index is 13.2. The third-order valence-corrected chi connectivity index (χ3v) is 3.51. The number of carbonyl (C=O) groups excluding carboxylic acids is 1. The zero-order valence-corrected chi connectivity index (χ0v) is 13.9. The Morgan fingerprint density at radius 3 is 2.38 bits per heavy atom. The minimum absolute atomic E-state index is 0.153. The number of amides is 1. The number of hydrogen-bond donors (Lipinski definition) is 1. The Labute approximate surface area is 133 Å². The van der Waals surface area contributed by atoms with Gasteiger partial charge in [-0.3, -0.25) is 4.79 Å². The summed E-state index contributed by atoms with van der Waals surface area (Å²) in [6.07, 6.45) is 3.51. The van der Waals surface area contributed by atoms with Gasteiger partial charge in [0, 0.05) is 16.6 Å². The highest BCUT2D eigenvalue weighted by molar-refractivity contribution is 9.10. The Bertz CT molecular complexity index is 582. The summed E-state index contributed by atoms with van der Waals surface area (Å²) in [5, 5.41) is 2.88. The molecule has 1 amide bonds. The molecule has 0 bridgehead atoms. The average Bonchev–Trinajstić information content (AvgIpc) is 2.38. The molecule has 112 valence electrons. The van der Waals surface area contributed by atoms with Gasteiger partial charge in [0.15, 0.2) is 0 Å². The second kappa shape index (κ2) is 7.93. The molecule has 0 radical (unpaired) electrons. The van der Waals surface area contributed by atoms with Crippen LogP contribution in [0.1, 0.15) is 24.0 Å². The normalized spacial score (nSPS) is 11.1. The van der Waals surface area contributed by atoms with Gasteiger partial charge in [0.05, 0.1) is 0 Å². The molecule has 0 aliphatic carbocycles. The lowest BCUT2D eigenvalue weighted by Crippen LogP contribution is -2.13. The zero-order chi connectivity index (χ0) is 16.0. The van der Waals surface area contributed by atoms with E-state index in [0.29, 0.717) is 12.0 Å². The maximum Gasteiger partial charge on any atom is 0.224 e. The van der Waals surface area contributed by atoms with Crippen LogP contribution in [0.5, 0.6) is 0 Å². The van der Waals surface area contributed by atoms with Gasteiger partial charge in [-0.2, -0.15) is 0 Å². The van der Waals surface area contributed by atoms with Gasteiger partial charge in [-0.25, -0.2) is 4.39 Å². The van der Waals surface area contributed by atoms with E-state index in [4.69, 9.17) is 0 Å². The van der Waals surface area contributed by atoms with Gasteiger partial charge < -0.3 is 5.32 Å². The highest BCUT2D eigenvalue weighted by Crippen LogP contribution is 2.25. The van der Waals surface area contributed by atoms with Crippen LogP contribution >= 0.6 is 15.9 Å². The van der Waals surface area contributed by atoms with Crippen molar-refractivity contribution in [2.75, 3.05) is 5.32 Å². The van der Waals surface area contributed by atoms with Crippen LogP contribution in [0.25, 0.3) is 0 Å². The van der Waals surface area contributed by atoms with Gasteiger partial charge >= 0.3 is 0 Å². The van der Waals surface area contributed by atoms with Gasteiger partial charge in [-0.15, -0.1) is 0 Å². The van der Waals surface area contributed by atoms with E-state index in [-0.39, 0.29) is 12.3 Å². The van der Waals surface area contributed by atoms with Gasteiger partial charge in [0.25, 0.3) is 0 Å². The summed E-state index contributed by atoms with van der Waals surface area (Å²) in [5.41, 5.74) is 3.15. The molecule has 4 heteroatoms. The van der Waals surface area contributed by atoms with E-state index in [1.807, 2.05) is 26.0 Å². The minimum Gasteiger partial charge on any atom is -0.326 e. The second-order valence-corrected chi connectivity index (χ2v) is 5.71. The molecule has 1 rings (SSSR count). The smallest absolute Gasteiger partial charge is 0.224 e. The monoisotopic (exact) mass is 351 g/mol. The predicted octanol–water partition coefficient (Wildman–Crippen LogP) is 5.38. The third-order valence-electron chi connectivity index (χ3n) is 3.05. The fourth-order valence-corrected chi connectivity index (χ4v) is 2.70. The van der Waals surface area contributed by atoms with Gasteiger partial charge in [-0.1, -0.05) is 41.2 Å². The van der Waals surface area contributed by atoms with E-state index in [1.165, 1.54) is 12.2 Å². The van der Waals surface area contributed by atoms with Crippen LogP contribution in [-0.4, -0.2) is 5.91 Å². The highest BCUT2D eigenvalue weighted by atomic mass is 79.9. The first-order chi connectivity index (χ1) is 9.85. The lowest BCUT2D eigenvalue weighted by molar-refractivity contribution is -0.116. The molecular formula is C17H19BrFNO. The van der Waals surface area contributed by atoms with Crippen LogP contribution in [0, 0.1) is 13.8 Å². The summed E-state index contributed by atoms with van der Waals surface area (Å²) in [7, 11) is 0. The van der Waals surface area contributed by atoms with Crippen molar-refractivity contribution in [3.63, 3.8) is 0 Å². The minimum atomic E-state index is -0.529. The van der Waals surface area contributed by atoms with Gasteiger partial charge in [-0.05, 0) is 49.1 Å². The Kier molecular flexibility index (Phi) is 6.56. The molecular weight excluding hydrogens is 333 g/mol. The Morgan fingerprint density at radius 2 is 1.90 bits per heavy atom. The van der Waals surface area contributed by atoms with Gasteiger partial charge in [0.2, 0.25) is 5.91 Å². The van der Waals surface area contributed by atoms with Crippen LogP contribution in [0.2, 0.25) is 0 Å². The first kappa shape index (κ1) is 17.4. The van der Waals surface area contributed by atoms with Crippen molar-refractivity contribution in [1.82, 2.24) is 0 Å². The Balaban J connectivity index is 2.73. The zero-order valence-electron chi connectivity index (χ0n) is 12.3. The van der Waals surface area contributed by atoms with Crippen molar-refractivity contribution in [2.45, 2.75) is 26.7 Å². The van der Waals surface area contributed by atoms with Crippen molar-refractivity contribution in [1.29, 1.82) is 0 Å². The summed E-state index contributed by atoms with van der Waals surface area (Å²) in [4.78, 5) is 12.0. The number of allylic oxidation sites excluding steroid dienone is 4. The van der Waals surface area contributed by atoms with E-state index >= 15 is 0 Å². The third kappa shape index (κ3) is 5.31. The Hall–Kier alpha value is -1.68. The summed E-state index contributed by atoms with van der Waals surface area (Å²) in [5.74, 6) is -0.682. The van der Waals surface area contributed by atoms with E-state index in [9.17, 15) is 9.18 Å². The van der Waals surface area contributed by atoms with Crippen LogP contribution in [0.3, 0.4) is 0 Å². The van der Waals surface area contributed by atoms with Crippen molar-refractivity contribution in [3.05, 3.63) is 64.4 Å². The lowest BCUT2D eigenvalue weighted by Gasteiger charge is -2.12. The standard InChI is InChI=1S/C17H19BrFNO/c1-5-6-14(13(4)19)7-8-16(21)20-17-11(2)9-15(18)10-12(17)3/h5-6,9-10H,1,4,7-8H2,2-3H3,(H,20,21)/b14-6-. The van der Waals surface area contributed by atoms with E-state index in [0.717, 1.165) is 21.3 Å². The average molecular weight is 352 g/mol. The number of nitrogens with one attached hydrogen (secondary N) is 1. The molecule has 0 aliphatic rings. The van der Waals surface area contributed by atoms with Crippen molar-refractivity contribution in [3.8, 4) is 0 Å². The number of aryl methyl sites for hydroxylation is 2. The number of benzene rings is 1. The molecule has 0 aromatic heterocycles. The number of carbonyl (C=O) groups is 1. The summed E-state index contributed by atoms with van der Waals surface area (Å²) >= 11 is 3.42. The summed E-state index contributed by atoms with van der Waals surface area (Å²) < 4.78 is 14.1. The molecule has 0 saturated carbocycles. The van der Waals surface area contributed by atoms with Crippen molar-refractivity contribution < 1.29 is 9.18 Å². The first-order valence-corrected chi connectivity index (χ1v) is 7.37. The number of anilines is 1. The SMILES string of the molecule is C=C/C=C(/CCC(=O)Nc1c(C)cc(Br)cc1C)C(=C)F. The highest BCUT2D eigenvalue weighted by Gasteiger charge is 2.10. The molecule has 0 spiro atoms. The van der Waals surface area contributed by atoms with E-state index in [2.05, 4.69) is 34.4 Å². The van der Waals surface area contributed by atoms with Crippen LogP contribution in [0.15, 0.2) is 53.3 Å². The fraction of sp³-hybridized carbons (Fsp3) is 0.235. The number of hydrogen-bond acceptors (Lipinski definition) is 1. The van der Waals surface area contributed by atoms with Crippen molar-refractivity contribution >= 4 is 27.5 Å². The van der Waals surface area contributed by atoms with Crippen LogP contribution in [-0.2, 0) is 4.79 Å². The topological polar surface area (TPSA) is 29.1 Å². The molecule has 1 aromatic carbocycles. The largest absolute Gasteiger partial charge is 0.326 e. The van der Waals surface area contributed by atoms with E-state index in [1.54, 1.807) is 0 Å². The molecule has 1 aromatic rings. The first-order valence-electron chi connectivity index (χ1n) is 6.58.